The molecular formula is C25H25BrN2O2S2. The number of thioether (sulfide) groups is 1. The summed E-state index contributed by atoms with van der Waals surface area (Å²) in [5, 5.41) is 20.9. The van der Waals surface area contributed by atoms with Crippen LogP contribution in [0.15, 0.2) is 70.2 Å². The summed E-state index contributed by atoms with van der Waals surface area (Å²) in [5.74, 6) is 1.18. The summed E-state index contributed by atoms with van der Waals surface area (Å²) in [7, 11) is -1.04. The van der Waals surface area contributed by atoms with Gasteiger partial charge in [0.25, 0.3) is 0 Å². The Bertz CT molecular complexity index is 1100. The van der Waals surface area contributed by atoms with Crippen LogP contribution >= 0.6 is 27.7 Å². The number of benzene rings is 2. The largest absolute Gasteiger partial charge is 0.391 e. The molecule has 32 heavy (non-hydrogen) atoms. The van der Waals surface area contributed by atoms with Crippen molar-refractivity contribution >= 4 is 38.5 Å². The normalized spacial score (nSPS) is 12.8. The Balaban J connectivity index is 1.93. The van der Waals surface area contributed by atoms with Gasteiger partial charge in [0.05, 0.1) is 23.1 Å². The van der Waals surface area contributed by atoms with E-state index in [9.17, 15) is 14.6 Å². The van der Waals surface area contributed by atoms with Crippen LogP contribution in [0.5, 0.6) is 0 Å². The third-order valence-corrected chi connectivity index (χ3v) is 7.99. The Morgan fingerprint density at radius 2 is 1.88 bits per heavy atom. The van der Waals surface area contributed by atoms with Crippen molar-refractivity contribution in [3.05, 3.63) is 70.7 Å². The van der Waals surface area contributed by atoms with E-state index in [0.29, 0.717) is 22.1 Å². The van der Waals surface area contributed by atoms with Crippen LogP contribution in [-0.4, -0.2) is 37.7 Å². The van der Waals surface area contributed by atoms with Crippen molar-refractivity contribution in [1.82, 2.24) is 4.98 Å². The molecule has 0 aliphatic heterocycles. The van der Waals surface area contributed by atoms with Gasteiger partial charge in [-0.3, -0.25) is 4.21 Å². The number of rotatable bonds is 10. The first-order valence-corrected chi connectivity index (χ1v) is 13.7. The van der Waals surface area contributed by atoms with E-state index in [1.54, 1.807) is 0 Å². The van der Waals surface area contributed by atoms with Crippen molar-refractivity contribution in [2.24, 2.45) is 0 Å². The summed E-state index contributed by atoms with van der Waals surface area (Å²) in [4.78, 5) is 4.77. The molecule has 0 aliphatic carbocycles. The number of hydrogen-bond donors (Lipinski definition) is 1. The van der Waals surface area contributed by atoms with Crippen molar-refractivity contribution in [1.29, 1.82) is 5.26 Å². The number of hydrogen-bond acceptors (Lipinski definition) is 5. The molecule has 0 saturated carbocycles. The average Bonchev–Trinajstić information content (AvgIpc) is 2.81. The van der Waals surface area contributed by atoms with Crippen LogP contribution in [0, 0.1) is 11.3 Å². The van der Waals surface area contributed by atoms with Crippen LogP contribution in [-0.2, 0) is 10.8 Å². The predicted octanol–water partition coefficient (Wildman–Crippen LogP) is 6.05. The molecule has 1 heterocycles. The number of aromatic nitrogens is 1. The Labute approximate surface area is 204 Å². The minimum atomic E-state index is -1.04. The number of unbranched alkanes of at least 4 members (excludes halogenated alkanes) is 1. The molecule has 0 amide bonds. The van der Waals surface area contributed by atoms with Crippen LogP contribution in [0.4, 0.5) is 0 Å². The van der Waals surface area contributed by atoms with Crippen molar-refractivity contribution in [3.8, 4) is 28.5 Å². The molecule has 0 radical (unpaired) electrons. The van der Waals surface area contributed by atoms with Gasteiger partial charge in [-0.2, -0.15) is 5.26 Å². The lowest BCUT2D eigenvalue weighted by molar-refractivity contribution is 0.224. The Kier molecular flexibility index (Phi) is 9.49. The summed E-state index contributed by atoms with van der Waals surface area (Å²) >= 11 is 4.80. The molecule has 1 N–H and O–H groups in total. The highest BCUT2D eigenvalue weighted by Gasteiger charge is 2.18. The maximum absolute atomic E-state index is 12.1. The van der Waals surface area contributed by atoms with Crippen molar-refractivity contribution in [3.63, 3.8) is 0 Å². The van der Waals surface area contributed by atoms with E-state index in [2.05, 4.69) is 28.9 Å². The van der Waals surface area contributed by atoms with Gasteiger partial charge in [-0.1, -0.05) is 71.7 Å². The number of nitrogens with zero attached hydrogens (tertiary/aromatic N) is 2. The molecule has 0 aliphatic rings. The fourth-order valence-electron chi connectivity index (χ4n) is 3.17. The number of nitriles is 1. The van der Waals surface area contributed by atoms with Gasteiger partial charge < -0.3 is 5.11 Å². The van der Waals surface area contributed by atoms with E-state index in [1.807, 2.05) is 60.7 Å². The average molecular weight is 530 g/mol. The molecular weight excluding hydrogens is 504 g/mol. The second-order valence-corrected chi connectivity index (χ2v) is 10.9. The van der Waals surface area contributed by atoms with E-state index in [4.69, 9.17) is 4.98 Å². The SMILES string of the molecule is CCCC[S@@](=O)C[C@H](O)CSc1nc(-c2ccc(Br)cc2)cc(-c2ccccc2)c1C#N. The highest BCUT2D eigenvalue weighted by Crippen LogP contribution is 2.34. The lowest BCUT2D eigenvalue weighted by Gasteiger charge is -2.14. The van der Waals surface area contributed by atoms with Gasteiger partial charge >= 0.3 is 0 Å². The minimum absolute atomic E-state index is 0.243. The third kappa shape index (κ3) is 6.76. The maximum atomic E-state index is 12.1. The molecule has 0 unspecified atom stereocenters. The number of aliphatic hydroxyl groups is 1. The first-order valence-electron chi connectivity index (χ1n) is 10.4. The first-order chi connectivity index (χ1) is 15.5. The zero-order chi connectivity index (χ0) is 22.9. The van der Waals surface area contributed by atoms with Crippen molar-refractivity contribution < 1.29 is 9.32 Å². The van der Waals surface area contributed by atoms with Gasteiger partial charge in [-0.25, -0.2) is 4.98 Å². The van der Waals surface area contributed by atoms with Gasteiger partial charge in [0, 0.05) is 37.9 Å². The molecule has 0 bridgehead atoms. The molecule has 0 fully saturated rings. The van der Waals surface area contributed by atoms with Crippen LogP contribution in [0.2, 0.25) is 0 Å². The second-order valence-electron chi connectivity index (χ2n) is 7.35. The molecule has 0 saturated heterocycles. The molecule has 2 aromatic carbocycles. The summed E-state index contributed by atoms with van der Waals surface area (Å²) < 4.78 is 13.1. The zero-order valence-electron chi connectivity index (χ0n) is 17.8. The smallest absolute Gasteiger partial charge is 0.115 e. The van der Waals surface area contributed by atoms with E-state index < -0.39 is 16.9 Å². The fraction of sp³-hybridized carbons (Fsp3) is 0.280. The fourth-order valence-corrected chi connectivity index (χ4v) is 5.84. The van der Waals surface area contributed by atoms with Crippen LogP contribution < -0.4 is 0 Å². The minimum Gasteiger partial charge on any atom is -0.391 e. The van der Waals surface area contributed by atoms with Crippen molar-refractivity contribution in [2.75, 3.05) is 17.3 Å². The van der Waals surface area contributed by atoms with Gasteiger partial charge in [-0.15, -0.1) is 11.8 Å². The number of aliphatic hydroxyl groups excluding tert-OH is 1. The Hall–Kier alpha value is -1.98. The van der Waals surface area contributed by atoms with Crippen LogP contribution in [0.25, 0.3) is 22.4 Å². The Morgan fingerprint density at radius 1 is 1.16 bits per heavy atom. The highest BCUT2D eigenvalue weighted by atomic mass is 79.9. The van der Waals surface area contributed by atoms with Crippen LogP contribution in [0.3, 0.4) is 0 Å². The monoisotopic (exact) mass is 528 g/mol. The molecule has 4 nitrogen and oxygen atoms in total. The number of halogens is 1. The van der Waals surface area contributed by atoms with Gasteiger partial charge in [0.1, 0.15) is 11.1 Å². The van der Waals surface area contributed by atoms with Gasteiger partial charge in [-0.05, 0) is 30.2 Å². The van der Waals surface area contributed by atoms with Crippen LogP contribution in [0.1, 0.15) is 25.3 Å². The summed E-state index contributed by atoms with van der Waals surface area (Å²) in [6.45, 7) is 2.06. The van der Waals surface area contributed by atoms with E-state index >= 15 is 0 Å². The predicted molar refractivity (Wildman–Crippen MR) is 137 cm³/mol. The highest BCUT2D eigenvalue weighted by molar-refractivity contribution is 9.10. The number of pyridine rings is 1. The van der Waals surface area contributed by atoms with Gasteiger partial charge in [0.2, 0.25) is 0 Å². The Morgan fingerprint density at radius 3 is 2.53 bits per heavy atom. The standard InChI is InChI=1S/C25H25BrN2O2S2/c1-2-3-13-32(30)17-21(29)16-31-25-23(15-27)22(18-7-5-4-6-8-18)14-24(28-25)19-9-11-20(26)12-10-19/h4-12,14,21,29H,2-3,13,16-17H2,1H3/t21-,32-/m1/s1. The molecule has 1 aromatic heterocycles. The van der Waals surface area contributed by atoms with E-state index in [1.165, 1.54) is 11.8 Å². The third-order valence-electron chi connectivity index (χ3n) is 4.84. The molecule has 166 valence electrons. The topological polar surface area (TPSA) is 74.0 Å². The summed E-state index contributed by atoms with van der Waals surface area (Å²) in [6.07, 6.45) is 1.15. The summed E-state index contributed by atoms with van der Waals surface area (Å²) in [6, 6.07) is 21.9. The molecule has 7 heteroatoms. The molecule has 3 rings (SSSR count). The maximum Gasteiger partial charge on any atom is 0.115 e. The lowest BCUT2D eigenvalue weighted by Crippen LogP contribution is -2.21. The molecule has 0 spiro atoms. The van der Waals surface area contributed by atoms with Crippen molar-refractivity contribution in [2.45, 2.75) is 30.9 Å². The summed E-state index contributed by atoms with van der Waals surface area (Å²) in [5.41, 5.74) is 3.94. The molecule has 2 atom stereocenters. The van der Waals surface area contributed by atoms with E-state index in [0.717, 1.165) is 39.7 Å². The van der Waals surface area contributed by atoms with Gasteiger partial charge in [0.15, 0.2) is 0 Å². The quantitative estimate of drug-likeness (QED) is 0.324. The zero-order valence-corrected chi connectivity index (χ0v) is 21.0. The lowest BCUT2D eigenvalue weighted by atomic mass is 9.99. The first kappa shape index (κ1) is 24.7. The molecule has 3 aromatic rings. The second kappa shape index (κ2) is 12.3. The van der Waals surface area contributed by atoms with E-state index in [-0.39, 0.29) is 5.75 Å².